The summed E-state index contributed by atoms with van der Waals surface area (Å²) in [5.74, 6) is 0.335. The van der Waals surface area contributed by atoms with Gasteiger partial charge in [0.25, 0.3) is 11.5 Å². The van der Waals surface area contributed by atoms with Crippen LogP contribution in [0.1, 0.15) is 6.42 Å². The van der Waals surface area contributed by atoms with Crippen LogP contribution in [0.15, 0.2) is 65.7 Å². The molecule has 0 aliphatic heterocycles. The predicted molar refractivity (Wildman–Crippen MR) is 106 cm³/mol. The largest absolute Gasteiger partial charge is 0.484 e. The Hall–Kier alpha value is -3.19. The van der Waals surface area contributed by atoms with Crippen LogP contribution in [0.3, 0.4) is 0 Å². The number of rotatable bonds is 8. The lowest BCUT2D eigenvalue weighted by molar-refractivity contribution is -0.123. The van der Waals surface area contributed by atoms with Gasteiger partial charge in [0.1, 0.15) is 5.75 Å². The van der Waals surface area contributed by atoms with Gasteiger partial charge in [-0.25, -0.2) is 4.68 Å². The maximum atomic E-state index is 12.0. The molecule has 0 spiro atoms. The molecule has 0 unspecified atom stereocenters. The number of carbonyl (C=O) groups is 1. The van der Waals surface area contributed by atoms with E-state index in [0.717, 1.165) is 5.56 Å². The number of ether oxygens (including phenoxy) is 1. The van der Waals surface area contributed by atoms with Gasteiger partial charge < -0.3 is 10.1 Å². The fourth-order valence-corrected chi connectivity index (χ4v) is 2.59. The first kappa shape index (κ1) is 19.6. The van der Waals surface area contributed by atoms with Gasteiger partial charge in [-0.1, -0.05) is 11.6 Å². The number of halogens is 1. The summed E-state index contributed by atoms with van der Waals surface area (Å²) >= 11 is 5.80. The Kier molecular flexibility index (Phi) is 6.75. The molecule has 0 aliphatic rings. The molecular weight excluding hydrogens is 380 g/mol. The Morgan fingerprint density at radius 1 is 1.14 bits per heavy atom. The second-order valence-corrected chi connectivity index (χ2v) is 6.40. The van der Waals surface area contributed by atoms with Crippen molar-refractivity contribution in [2.75, 3.05) is 13.2 Å². The lowest BCUT2D eigenvalue weighted by atomic mass is 10.2. The standard InChI is InChI=1S/C20H19ClN4O3/c21-16-4-6-17(7-5-16)28-14-19(26)23-11-2-12-25-20(27)9-8-18(24-25)15-3-1-10-22-13-15/h1,3-10,13H,2,11-12,14H2,(H,23,26). The van der Waals surface area contributed by atoms with E-state index in [2.05, 4.69) is 15.4 Å². The minimum absolute atomic E-state index is 0.0870. The minimum Gasteiger partial charge on any atom is -0.484 e. The third-order valence-electron chi connectivity index (χ3n) is 3.88. The van der Waals surface area contributed by atoms with Crippen molar-refractivity contribution in [1.82, 2.24) is 20.1 Å². The van der Waals surface area contributed by atoms with Crippen LogP contribution in [0.25, 0.3) is 11.3 Å². The number of pyridine rings is 1. The minimum atomic E-state index is -0.237. The first-order valence-electron chi connectivity index (χ1n) is 8.75. The fraction of sp³-hybridized carbons (Fsp3) is 0.200. The van der Waals surface area contributed by atoms with Crippen molar-refractivity contribution in [3.05, 3.63) is 76.3 Å². The Morgan fingerprint density at radius 3 is 2.71 bits per heavy atom. The summed E-state index contributed by atoms with van der Waals surface area (Å²) in [6.07, 6.45) is 3.94. The lowest BCUT2D eigenvalue weighted by Gasteiger charge is -2.09. The molecule has 0 bridgehead atoms. The van der Waals surface area contributed by atoms with E-state index in [9.17, 15) is 9.59 Å². The highest BCUT2D eigenvalue weighted by Gasteiger charge is 2.05. The van der Waals surface area contributed by atoms with E-state index in [4.69, 9.17) is 16.3 Å². The molecule has 0 saturated heterocycles. The Labute approximate surface area is 166 Å². The van der Waals surface area contributed by atoms with Crippen LogP contribution >= 0.6 is 11.6 Å². The van der Waals surface area contributed by atoms with Crippen LogP contribution in [0.2, 0.25) is 5.02 Å². The van der Waals surface area contributed by atoms with E-state index in [-0.39, 0.29) is 18.1 Å². The first-order valence-corrected chi connectivity index (χ1v) is 9.13. The summed E-state index contributed by atoms with van der Waals surface area (Å²) in [4.78, 5) is 27.9. The maximum absolute atomic E-state index is 12.0. The summed E-state index contributed by atoms with van der Waals surface area (Å²) < 4.78 is 6.77. The summed E-state index contributed by atoms with van der Waals surface area (Å²) in [6, 6.07) is 13.6. The second kappa shape index (κ2) is 9.66. The van der Waals surface area contributed by atoms with Crippen LogP contribution < -0.4 is 15.6 Å². The molecule has 144 valence electrons. The van der Waals surface area contributed by atoms with Crippen molar-refractivity contribution in [2.45, 2.75) is 13.0 Å². The third-order valence-corrected chi connectivity index (χ3v) is 4.13. The van der Waals surface area contributed by atoms with Crippen molar-refractivity contribution in [3.63, 3.8) is 0 Å². The normalized spacial score (nSPS) is 10.5. The number of hydrogen-bond donors (Lipinski definition) is 1. The Bertz CT molecular complexity index is 975. The van der Waals surface area contributed by atoms with E-state index >= 15 is 0 Å². The average molecular weight is 399 g/mol. The fourth-order valence-electron chi connectivity index (χ4n) is 2.46. The zero-order valence-electron chi connectivity index (χ0n) is 15.0. The van der Waals surface area contributed by atoms with Gasteiger partial charge in [0, 0.05) is 42.1 Å². The molecule has 0 aliphatic carbocycles. The average Bonchev–Trinajstić information content (AvgIpc) is 2.72. The zero-order chi connectivity index (χ0) is 19.8. The van der Waals surface area contributed by atoms with E-state index in [1.165, 1.54) is 10.7 Å². The first-order chi connectivity index (χ1) is 13.6. The molecular formula is C20H19ClN4O3. The van der Waals surface area contributed by atoms with Crippen molar-refractivity contribution in [1.29, 1.82) is 0 Å². The SMILES string of the molecule is O=C(COc1ccc(Cl)cc1)NCCCn1nc(-c2cccnc2)ccc1=O. The highest BCUT2D eigenvalue weighted by atomic mass is 35.5. The summed E-state index contributed by atoms with van der Waals surface area (Å²) in [5, 5.41) is 7.72. The Balaban J connectivity index is 1.45. The molecule has 1 aromatic carbocycles. The number of aromatic nitrogens is 3. The number of carbonyl (C=O) groups excluding carboxylic acids is 1. The van der Waals surface area contributed by atoms with Gasteiger partial charge >= 0.3 is 0 Å². The smallest absolute Gasteiger partial charge is 0.266 e. The van der Waals surface area contributed by atoms with E-state index < -0.39 is 0 Å². The molecule has 3 aromatic rings. The van der Waals surface area contributed by atoms with Crippen LogP contribution in [0.4, 0.5) is 0 Å². The highest BCUT2D eigenvalue weighted by molar-refractivity contribution is 6.30. The predicted octanol–water partition coefficient (Wildman–Crippen LogP) is 2.54. The van der Waals surface area contributed by atoms with Gasteiger partial charge in [0.15, 0.2) is 6.61 Å². The summed E-state index contributed by atoms with van der Waals surface area (Å²) in [6.45, 7) is 0.718. The molecule has 0 radical (unpaired) electrons. The summed E-state index contributed by atoms with van der Waals surface area (Å²) in [7, 11) is 0. The van der Waals surface area contributed by atoms with Crippen LogP contribution in [-0.2, 0) is 11.3 Å². The van der Waals surface area contributed by atoms with Gasteiger partial charge in [-0.15, -0.1) is 0 Å². The van der Waals surface area contributed by atoms with Gasteiger partial charge in [0.05, 0.1) is 5.69 Å². The third kappa shape index (κ3) is 5.65. The van der Waals surface area contributed by atoms with Crippen LogP contribution in [-0.4, -0.2) is 33.8 Å². The molecule has 0 atom stereocenters. The molecule has 0 fully saturated rings. The molecule has 1 N–H and O–H groups in total. The number of benzene rings is 1. The van der Waals surface area contributed by atoms with Crippen molar-refractivity contribution < 1.29 is 9.53 Å². The molecule has 3 rings (SSSR count). The quantitative estimate of drug-likeness (QED) is 0.589. The van der Waals surface area contributed by atoms with Gasteiger partial charge in [0.2, 0.25) is 0 Å². The molecule has 1 amide bonds. The molecule has 2 aromatic heterocycles. The van der Waals surface area contributed by atoms with E-state index in [1.54, 1.807) is 42.7 Å². The van der Waals surface area contributed by atoms with Gasteiger partial charge in [-0.05, 0) is 48.9 Å². The van der Waals surface area contributed by atoms with Crippen molar-refractivity contribution in [2.24, 2.45) is 0 Å². The van der Waals surface area contributed by atoms with Crippen LogP contribution in [0, 0.1) is 0 Å². The molecule has 7 nitrogen and oxygen atoms in total. The topological polar surface area (TPSA) is 86.1 Å². The van der Waals surface area contributed by atoms with Crippen LogP contribution in [0.5, 0.6) is 5.75 Å². The number of nitrogens with one attached hydrogen (secondary N) is 1. The maximum Gasteiger partial charge on any atom is 0.266 e. The van der Waals surface area contributed by atoms with Crippen molar-refractivity contribution in [3.8, 4) is 17.0 Å². The Morgan fingerprint density at radius 2 is 1.96 bits per heavy atom. The second-order valence-electron chi connectivity index (χ2n) is 5.97. The molecule has 8 heteroatoms. The van der Waals surface area contributed by atoms with Gasteiger partial charge in [-0.3, -0.25) is 14.6 Å². The zero-order valence-corrected chi connectivity index (χ0v) is 15.8. The van der Waals surface area contributed by atoms with Gasteiger partial charge in [-0.2, -0.15) is 5.10 Å². The van der Waals surface area contributed by atoms with E-state index in [1.807, 2.05) is 12.1 Å². The number of nitrogens with zero attached hydrogens (tertiary/aromatic N) is 3. The number of hydrogen-bond acceptors (Lipinski definition) is 5. The molecule has 0 saturated carbocycles. The summed E-state index contributed by atoms with van der Waals surface area (Å²) in [5.41, 5.74) is 1.32. The molecule has 28 heavy (non-hydrogen) atoms. The highest BCUT2D eigenvalue weighted by Crippen LogP contribution is 2.15. The van der Waals surface area contributed by atoms with Crippen molar-refractivity contribution >= 4 is 17.5 Å². The lowest BCUT2D eigenvalue weighted by Crippen LogP contribution is -2.31. The molecule has 2 heterocycles. The monoisotopic (exact) mass is 398 g/mol. The van der Waals surface area contributed by atoms with E-state index in [0.29, 0.717) is 36.0 Å². The number of aryl methyl sites for hydroxylation is 1. The number of amides is 1.